The smallest absolute Gasteiger partial charge is 0.274 e. The highest BCUT2D eigenvalue weighted by molar-refractivity contribution is 6.31. The summed E-state index contributed by atoms with van der Waals surface area (Å²) < 4.78 is 0. The second-order valence-corrected chi connectivity index (χ2v) is 5.93. The van der Waals surface area contributed by atoms with Gasteiger partial charge in [-0.1, -0.05) is 48.0 Å². The Bertz CT molecular complexity index is 884. The second-order valence-electron chi connectivity index (χ2n) is 5.52. The molecule has 1 heterocycles. The van der Waals surface area contributed by atoms with Crippen LogP contribution < -0.4 is 10.6 Å². The van der Waals surface area contributed by atoms with E-state index in [1.807, 2.05) is 43.3 Å². The molecule has 2 aromatic carbocycles. The molecule has 0 atom stereocenters. The van der Waals surface area contributed by atoms with Crippen LogP contribution in [0.25, 0.3) is 0 Å². The molecule has 0 radical (unpaired) electrons. The van der Waals surface area contributed by atoms with Gasteiger partial charge in [0.25, 0.3) is 5.91 Å². The third kappa shape index (κ3) is 4.55. The molecule has 1 amide bonds. The largest absolute Gasteiger partial charge is 0.350 e. The zero-order valence-corrected chi connectivity index (χ0v) is 14.4. The zero-order valence-electron chi connectivity index (χ0n) is 13.7. The number of carbonyl (C=O) groups excluding carboxylic acids is 1. The maximum atomic E-state index is 12.4. The average Bonchev–Trinajstić information content (AvgIpc) is 2.64. The Morgan fingerprint density at radius 2 is 1.92 bits per heavy atom. The fourth-order valence-corrected chi connectivity index (χ4v) is 2.39. The molecule has 1 aromatic heterocycles. The molecule has 0 aliphatic rings. The predicted octanol–water partition coefficient (Wildman–Crippen LogP) is 4.30. The lowest BCUT2D eigenvalue weighted by atomic mass is 10.2. The monoisotopic (exact) mass is 352 g/mol. The van der Waals surface area contributed by atoms with E-state index in [1.54, 1.807) is 24.4 Å². The summed E-state index contributed by atoms with van der Waals surface area (Å²) in [7, 11) is 0. The number of nitrogens with zero attached hydrogens (tertiary/aromatic N) is 2. The number of halogens is 1. The summed E-state index contributed by atoms with van der Waals surface area (Å²) >= 11 is 6.08. The van der Waals surface area contributed by atoms with Crippen molar-refractivity contribution in [2.24, 2.45) is 0 Å². The van der Waals surface area contributed by atoms with Crippen LogP contribution in [-0.2, 0) is 6.54 Å². The van der Waals surface area contributed by atoms with Crippen LogP contribution in [0, 0.1) is 6.92 Å². The molecule has 0 spiro atoms. The van der Waals surface area contributed by atoms with Crippen LogP contribution in [0.2, 0.25) is 5.02 Å². The average molecular weight is 353 g/mol. The van der Waals surface area contributed by atoms with Crippen LogP contribution in [0.4, 0.5) is 11.6 Å². The first-order valence-electron chi connectivity index (χ1n) is 7.80. The molecule has 0 bridgehead atoms. The summed E-state index contributed by atoms with van der Waals surface area (Å²) in [6, 6.07) is 16.8. The Morgan fingerprint density at radius 1 is 1.12 bits per heavy atom. The molecule has 0 aliphatic carbocycles. The number of anilines is 2. The molecule has 0 saturated carbocycles. The van der Waals surface area contributed by atoms with Gasteiger partial charge in [-0.05, 0) is 36.2 Å². The van der Waals surface area contributed by atoms with Gasteiger partial charge in [0.1, 0.15) is 5.69 Å². The molecule has 2 N–H and O–H groups in total. The number of carbonyl (C=O) groups is 1. The van der Waals surface area contributed by atoms with Gasteiger partial charge in [0.15, 0.2) is 0 Å². The number of amides is 1. The summed E-state index contributed by atoms with van der Waals surface area (Å²) in [5.41, 5.74) is 2.96. The summed E-state index contributed by atoms with van der Waals surface area (Å²) in [6.45, 7) is 2.49. The fraction of sp³-hybridized carbons (Fsp3) is 0.105. The van der Waals surface area contributed by atoms with Crippen molar-refractivity contribution in [3.63, 3.8) is 0 Å². The summed E-state index contributed by atoms with van der Waals surface area (Å²) in [5.74, 6) is 0.0866. The highest BCUT2D eigenvalue weighted by Crippen LogP contribution is 2.20. The topological polar surface area (TPSA) is 66.9 Å². The van der Waals surface area contributed by atoms with Crippen LogP contribution in [0.3, 0.4) is 0 Å². The van der Waals surface area contributed by atoms with Gasteiger partial charge in [-0.3, -0.25) is 4.79 Å². The quantitative estimate of drug-likeness (QED) is 0.718. The van der Waals surface area contributed by atoms with Crippen LogP contribution in [0.5, 0.6) is 0 Å². The third-order valence-electron chi connectivity index (χ3n) is 3.61. The van der Waals surface area contributed by atoms with Gasteiger partial charge in [-0.25, -0.2) is 9.97 Å². The van der Waals surface area contributed by atoms with Crippen molar-refractivity contribution in [3.05, 3.63) is 82.6 Å². The van der Waals surface area contributed by atoms with E-state index >= 15 is 0 Å². The summed E-state index contributed by atoms with van der Waals surface area (Å²) in [6.07, 6.45) is 1.55. The van der Waals surface area contributed by atoms with Crippen molar-refractivity contribution in [3.8, 4) is 0 Å². The molecule has 5 nitrogen and oxygen atoms in total. The van der Waals surface area contributed by atoms with Crippen molar-refractivity contribution in [1.29, 1.82) is 0 Å². The first-order valence-corrected chi connectivity index (χ1v) is 8.18. The van der Waals surface area contributed by atoms with Gasteiger partial charge in [0.2, 0.25) is 5.95 Å². The molecule has 0 aliphatic heterocycles. The van der Waals surface area contributed by atoms with E-state index in [2.05, 4.69) is 20.6 Å². The lowest BCUT2D eigenvalue weighted by molar-refractivity contribution is 0.102. The zero-order chi connectivity index (χ0) is 17.6. The number of hydrogen-bond acceptors (Lipinski definition) is 4. The Labute approximate surface area is 151 Å². The molecule has 0 saturated heterocycles. The Balaban J connectivity index is 1.67. The van der Waals surface area contributed by atoms with Crippen molar-refractivity contribution in [1.82, 2.24) is 9.97 Å². The highest BCUT2D eigenvalue weighted by Gasteiger charge is 2.10. The molecule has 0 fully saturated rings. The van der Waals surface area contributed by atoms with Gasteiger partial charge >= 0.3 is 0 Å². The standard InChI is InChI=1S/C19H17ClN4O/c1-13-7-8-15(11-16(13)20)23-18(25)17-9-10-21-19(24-17)22-12-14-5-3-2-4-6-14/h2-11H,12H2,1H3,(H,23,25)(H,21,22,24). The third-order valence-corrected chi connectivity index (χ3v) is 4.02. The molecular weight excluding hydrogens is 336 g/mol. The van der Waals surface area contributed by atoms with E-state index in [-0.39, 0.29) is 11.6 Å². The maximum Gasteiger partial charge on any atom is 0.274 e. The lowest BCUT2D eigenvalue weighted by Gasteiger charge is -2.08. The van der Waals surface area contributed by atoms with E-state index in [1.165, 1.54) is 0 Å². The minimum Gasteiger partial charge on any atom is -0.350 e. The number of nitrogens with one attached hydrogen (secondary N) is 2. The Morgan fingerprint density at radius 3 is 2.68 bits per heavy atom. The lowest BCUT2D eigenvalue weighted by Crippen LogP contribution is -2.15. The molecule has 3 rings (SSSR count). The van der Waals surface area contributed by atoms with E-state index in [9.17, 15) is 4.79 Å². The van der Waals surface area contributed by atoms with Crippen LogP contribution >= 0.6 is 11.6 Å². The maximum absolute atomic E-state index is 12.4. The van der Waals surface area contributed by atoms with E-state index in [0.717, 1.165) is 11.1 Å². The fourth-order valence-electron chi connectivity index (χ4n) is 2.21. The molecule has 25 heavy (non-hydrogen) atoms. The van der Waals surface area contributed by atoms with Crippen LogP contribution in [-0.4, -0.2) is 15.9 Å². The van der Waals surface area contributed by atoms with Crippen LogP contribution in [0.1, 0.15) is 21.6 Å². The number of aryl methyl sites for hydroxylation is 1. The highest BCUT2D eigenvalue weighted by atomic mass is 35.5. The predicted molar refractivity (Wildman–Crippen MR) is 99.9 cm³/mol. The molecule has 0 unspecified atom stereocenters. The van der Waals surface area contributed by atoms with Crippen molar-refractivity contribution in [2.45, 2.75) is 13.5 Å². The second kappa shape index (κ2) is 7.77. The normalized spacial score (nSPS) is 10.3. The van der Waals surface area contributed by atoms with Crippen molar-refractivity contribution >= 4 is 29.1 Å². The number of aromatic nitrogens is 2. The van der Waals surface area contributed by atoms with Gasteiger partial charge in [-0.2, -0.15) is 0 Å². The first kappa shape index (κ1) is 16.9. The minimum absolute atomic E-state index is 0.280. The van der Waals surface area contributed by atoms with Gasteiger partial charge in [0.05, 0.1) is 0 Å². The van der Waals surface area contributed by atoms with E-state index in [0.29, 0.717) is 23.2 Å². The van der Waals surface area contributed by atoms with E-state index < -0.39 is 0 Å². The molecule has 6 heteroatoms. The SMILES string of the molecule is Cc1ccc(NC(=O)c2ccnc(NCc3ccccc3)n2)cc1Cl. The van der Waals surface area contributed by atoms with Crippen molar-refractivity contribution < 1.29 is 4.79 Å². The Hall–Kier alpha value is -2.92. The molecule has 126 valence electrons. The number of hydrogen-bond donors (Lipinski definition) is 2. The van der Waals surface area contributed by atoms with Gasteiger partial charge in [0, 0.05) is 23.5 Å². The molecule has 3 aromatic rings. The van der Waals surface area contributed by atoms with Gasteiger partial charge in [-0.15, -0.1) is 0 Å². The first-order chi connectivity index (χ1) is 12.1. The van der Waals surface area contributed by atoms with Crippen LogP contribution in [0.15, 0.2) is 60.8 Å². The number of benzene rings is 2. The number of rotatable bonds is 5. The summed E-state index contributed by atoms with van der Waals surface area (Å²) in [5, 5.41) is 6.50. The summed E-state index contributed by atoms with van der Waals surface area (Å²) in [4.78, 5) is 20.8. The van der Waals surface area contributed by atoms with Gasteiger partial charge < -0.3 is 10.6 Å². The Kier molecular flexibility index (Phi) is 5.26. The van der Waals surface area contributed by atoms with E-state index in [4.69, 9.17) is 11.6 Å². The van der Waals surface area contributed by atoms with Crippen molar-refractivity contribution in [2.75, 3.05) is 10.6 Å². The minimum atomic E-state index is -0.315. The molecular formula is C19H17ClN4O.